The number of nitrogens with zero attached hydrogens (tertiary/aromatic N) is 2. The Hall–Kier alpha value is -5.29. The smallest absolute Gasteiger partial charge is 0.320 e. The second-order valence-corrected chi connectivity index (χ2v) is 13.7. The molecule has 0 fully saturated rings. The number of esters is 1. The van der Waals surface area contributed by atoms with Gasteiger partial charge in [0.05, 0.1) is 18.5 Å². The Bertz CT molecular complexity index is 2110. The lowest BCUT2D eigenvalue weighted by molar-refractivity contribution is -0.141. The van der Waals surface area contributed by atoms with Gasteiger partial charge in [-0.25, -0.2) is 4.98 Å². The average Bonchev–Trinajstić information content (AvgIpc) is 3.78. The molecule has 5 heterocycles. The molecule has 8 bridgehead atoms. The first-order valence-corrected chi connectivity index (χ1v) is 17.9. The maximum Gasteiger partial charge on any atom is 0.320 e. The molecule has 0 saturated carbocycles. The van der Waals surface area contributed by atoms with E-state index in [9.17, 15) is 14.4 Å². The number of unbranched alkanes of at least 4 members (excludes halogenated alkanes) is 1. The van der Waals surface area contributed by atoms with Crippen LogP contribution < -0.4 is 11.1 Å². The fourth-order valence-electron chi connectivity index (χ4n) is 7.16. The number of carbonyl (C=O) groups is 3. The molecule has 2 aliphatic heterocycles. The molecular formula is C41H50N6O5. The number of nitrogens with one attached hydrogen (secondary N) is 3. The lowest BCUT2D eigenvalue weighted by atomic mass is 9.87. The summed E-state index contributed by atoms with van der Waals surface area (Å²) in [5.74, 6) is -1.40. The zero-order valence-electron chi connectivity index (χ0n) is 30.8. The van der Waals surface area contributed by atoms with Crippen LogP contribution in [0.3, 0.4) is 0 Å². The topological polar surface area (TPSA) is 176 Å². The van der Waals surface area contributed by atoms with Crippen LogP contribution in [0, 0.1) is 13.8 Å². The number of hydrogen-bond donors (Lipinski definition) is 5. The monoisotopic (exact) mass is 706 g/mol. The summed E-state index contributed by atoms with van der Waals surface area (Å²) in [5.41, 5.74) is 18.5. The number of aryl methyl sites for hydroxylation is 3. The van der Waals surface area contributed by atoms with Crippen molar-refractivity contribution in [2.75, 3.05) is 13.7 Å². The van der Waals surface area contributed by atoms with Gasteiger partial charge in [-0.1, -0.05) is 32.2 Å². The molecule has 2 aliphatic rings. The Balaban J connectivity index is 1.63. The van der Waals surface area contributed by atoms with Gasteiger partial charge in [0.25, 0.3) is 0 Å². The maximum absolute atomic E-state index is 13.0. The number of rotatable bonds is 14. The number of methoxy groups -OCH3 is 1. The molecule has 11 heteroatoms. The van der Waals surface area contributed by atoms with E-state index in [2.05, 4.69) is 60.5 Å². The Morgan fingerprint density at radius 1 is 0.942 bits per heavy atom. The van der Waals surface area contributed by atoms with Crippen molar-refractivity contribution in [3.05, 3.63) is 88.5 Å². The first-order valence-electron chi connectivity index (χ1n) is 17.9. The number of H-pyrrole nitrogens is 2. The first-order chi connectivity index (χ1) is 24.9. The van der Waals surface area contributed by atoms with Crippen molar-refractivity contribution < 1.29 is 24.2 Å². The molecular weight excluding hydrogens is 656 g/mol. The number of nitrogens with two attached hydrogens (primary N) is 1. The van der Waals surface area contributed by atoms with E-state index >= 15 is 0 Å². The molecule has 0 aromatic carbocycles. The molecule has 52 heavy (non-hydrogen) atoms. The first kappa shape index (κ1) is 38.0. The number of aromatic amines is 2. The fourth-order valence-corrected chi connectivity index (χ4v) is 7.16. The van der Waals surface area contributed by atoms with Gasteiger partial charge in [0.2, 0.25) is 5.91 Å². The number of carboxylic acid groups (broad SMARTS) is 1. The van der Waals surface area contributed by atoms with Crippen LogP contribution in [0.4, 0.5) is 0 Å². The summed E-state index contributed by atoms with van der Waals surface area (Å²) in [6.45, 7) is 16.9. The zero-order chi connectivity index (χ0) is 37.7. The molecule has 3 atom stereocenters. The summed E-state index contributed by atoms with van der Waals surface area (Å²) in [6, 6.07) is 7.34. The molecule has 0 aliphatic carbocycles. The van der Waals surface area contributed by atoms with Gasteiger partial charge in [-0.2, -0.15) is 0 Å². The van der Waals surface area contributed by atoms with Crippen molar-refractivity contribution in [1.82, 2.24) is 25.3 Å². The van der Waals surface area contributed by atoms with E-state index in [1.807, 2.05) is 32.1 Å². The molecule has 3 aromatic heterocycles. The van der Waals surface area contributed by atoms with Crippen molar-refractivity contribution >= 4 is 57.1 Å². The van der Waals surface area contributed by atoms with Crippen molar-refractivity contribution in [2.45, 2.75) is 90.5 Å². The van der Waals surface area contributed by atoms with E-state index in [0.717, 1.165) is 78.2 Å². The van der Waals surface area contributed by atoms with Crippen LogP contribution in [-0.2, 0) is 25.5 Å². The average molecular weight is 707 g/mol. The van der Waals surface area contributed by atoms with E-state index in [1.165, 1.54) is 7.11 Å². The lowest BCUT2D eigenvalue weighted by Crippen LogP contribution is -2.30. The molecule has 0 saturated heterocycles. The third-order valence-electron chi connectivity index (χ3n) is 10.5. The quantitative estimate of drug-likeness (QED) is 0.0866. The molecule has 0 radical (unpaired) electrons. The SMILES string of the molecule is C=CC1=C(C)c2cc3[nH]c(cc4nc(cc5[nH]c(cc1n2)c(C)c5CCC(=O)NCCCC[C@H](N)C(=O)O)C(CCC(=O)OC)C4C)c(C)c3C=C. The van der Waals surface area contributed by atoms with E-state index in [1.54, 1.807) is 0 Å². The van der Waals surface area contributed by atoms with Crippen molar-refractivity contribution in [3.8, 4) is 0 Å². The highest BCUT2D eigenvalue weighted by Gasteiger charge is 2.30. The predicted molar refractivity (Wildman–Crippen MR) is 206 cm³/mol. The van der Waals surface area contributed by atoms with E-state index in [-0.39, 0.29) is 36.6 Å². The van der Waals surface area contributed by atoms with Crippen LogP contribution in [-0.4, -0.2) is 62.6 Å². The highest BCUT2D eigenvalue weighted by molar-refractivity contribution is 5.97. The van der Waals surface area contributed by atoms with Crippen molar-refractivity contribution in [1.29, 1.82) is 0 Å². The Morgan fingerprint density at radius 2 is 1.63 bits per heavy atom. The van der Waals surface area contributed by atoms with Gasteiger partial charge in [0.1, 0.15) is 6.04 Å². The largest absolute Gasteiger partial charge is 0.480 e. The highest BCUT2D eigenvalue weighted by atomic mass is 16.5. The molecule has 5 rings (SSSR count). The maximum atomic E-state index is 13.0. The summed E-state index contributed by atoms with van der Waals surface area (Å²) in [7, 11) is 1.40. The van der Waals surface area contributed by atoms with Gasteiger partial charge in [-0.05, 0) is 99.4 Å². The Kier molecular flexibility index (Phi) is 11.9. The Labute approximate surface area is 304 Å². The number of carboxylic acids is 1. The van der Waals surface area contributed by atoms with Crippen LogP contribution >= 0.6 is 0 Å². The van der Waals surface area contributed by atoms with Gasteiger partial charge in [0, 0.05) is 75.8 Å². The summed E-state index contributed by atoms with van der Waals surface area (Å²) in [4.78, 5) is 53.7. The van der Waals surface area contributed by atoms with Crippen LogP contribution in [0.15, 0.2) is 43.5 Å². The zero-order valence-corrected chi connectivity index (χ0v) is 30.8. The van der Waals surface area contributed by atoms with Crippen LogP contribution in [0.5, 0.6) is 0 Å². The summed E-state index contributed by atoms with van der Waals surface area (Å²) < 4.78 is 4.99. The van der Waals surface area contributed by atoms with E-state index < -0.39 is 12.0 Å². The lowest BCUT2D eigenvalue weighted by Gasteiger charge is -2.15. The van der Waals surface area contributed by atoms with Gasteiger partial charge < -0.3 is 30.9 Å². The second kappa shape index (κ2) is 16.4. The molecule has 3 aromatic rings. The molecule has 0 spiro atoms. The number of allylic oxidation sites excluding steroid dienone is 3. The number of amides is 1. The second-order valence-electron chi connectivity index (χ2n) is 13.7. The standard InChI is InChI=1S/C41H50N6O5/c1-8-26-22(3)31-18-32-25(6)29(14-16-40(49)52-7)38(46-32)21-37-28(13-15-39(48)43-17-11-10-12-30(42)41(50)51)24(5)34(47-37)20-36-27(9-2)23(4)33(45-36)19-35(26)44-31/h8-9,18-21,25,29-30,44,47H,1-2,10-17,42H2,3-7H3,(H,43,48)(H,50,51)/t25?,29?,30-/m0/s1. The number of ether oxygens (including phenoxy) is 1. The van der Waals surface area contributed by atoms with Crippen LogP contribution in [0.2, 0.25) is 0 Å². The summed E-state index contributed by atoms with van der Waals surface area (Å²) >= 11 is 0. The number of carbonyl (C=O) groups excluding carboxylic acids is 2. The van der Waals surface area contributed by atoms with Gasteiger partial charge in [-0.15, -0.1) is 0 Å². The van der Waals surface area contributed by atoms with Gasteiger partial charge in [0.15, 0.2) is 0 Å². The van der Waals surface area contributed by atoms with Crippen LogP contribution in [0.1, 0.15) is 109 Å². The number of hydrogen-bond acceptors (Lipinski definition) is 7. The molecule has 6 N–H and O–H groups in total. The van der Waals surface area contributed by atoms with Crippen molar-refractivity contribution in [2.24, 2.45) is 5.73 Å². The van der Waals surface area contributed by atoms with Gasteiger partial charge in [-0.3, -0.25) is 19.4 Å². The Morgan fingerprint density at radius 3 is 2.33 bits per heavy atom. The summed E-state index contributed by atoms with van der Waals surface area (Å²) in [6.07, 6.45) is 6.87. The number of aromatic nitrogens is 4. The number of fused-ring (bicyclic) bond motifs is 8. The van der Waals surface area contributed by atoms with E-state index in [4.69, 9.17) is 25.5 Å². The minimum absolute atomic E-state index is 0.0199. The fraction of sp³-hybridized carbons (Fsp3) is 0.390. The van der Waals surface area contributed by atoms with E-state index in [0.29, 0.717) is 38.6 Å². The summed E-state index contributed by atoms with van der Waals surface area (Å²) in [5, 5.41) is 12.0. The third-order valence-corrected chi connectivity index (χ3v) is 10.5. The molecule has 1 amide bonds. The molecule has 2 unspecified atom stereocenters. The normalized spacial score (nSPS) is 16.0. The van der Waals surface area contributed by atoms with Crippen molar-refractivity contribution in [3.63, 3.8) is 0 Å². The minimum atomic E-state index is -1.02. The van der Waals surface area contributed by atoms with Crippen LogP contribution in [0.25, 0.3) is 39.3 Å². The molecule has 11 nitrogen and oxygen atoms in total. The predicted octanol–water partition coefficient (Wildman–Crippen LogP) is 7.16. The minimum Gasteiger partial charge on any atom is -0.480 e. The third kappa shape index (κ3) is 8.10. The highest BCUT2D eigenvalue weighted by Crippen LogP contribution is 2.41. The van der Waals surface area contributed by atoms with Gasteiger partial charge >= 0.3 is 11.9 Å². The number of aliphatic carboxylic acids is 1. The molecule has 274 valence electrons.